The van der Waals surface area contributed by atoms with Crippen molar-refractivity contribution in [2.45, 2.75) is 52.0 Å². The van der Waals surface area contributed by atoms with Crippen LogP contribution in [-0.4, -0.2) is 57.5 Å². The summed E-state index contributed by atoms with van der Waals surface area (Å²) in [5.41, 5.74) is 1.33. The van der Waals surface area contributed by atoms with Crippen LogP contribution in [0.15, 0.2) is 18.6 Å². The van der Waals surface area contributed by atoms with Crippen LogP contribution in [0.5, 0.6) is 0 Å². The molecule has 146 valence electrons. The molecule has 0 aromatic carbocycles. The Labute approximate surface area is 161 Å². The summed E-state index contributed by atoms with van der Waals surface area (Å²) in [5.74, 6) is 2.26. The zero-order valence-corrected chi connectivity index (χ0v) is 16.9. The number of imidazole rings is 1. The Morgan fingerprint density at radius 1 is 1.26 bits per heavy atom. The zero-order chi connectivity index (χ0) is 19.4. The fourth-order valence-corrected chi connectivity index (χ4v) is 3.59. The lowest BCUT2D eigenvalue weighted by Gasteiger charge is -2.32. The van der Waals surface area contributed by atoms with Crippen LogP contribution in [0.2, 0.25) is 0 Å². The van der Waals surface area contributed by atoms with E-state index >= 15 is 0 Å². The molecule has 7 heteroatoms. The number of aryl methyl sites for hydroxylation is 2. The van der Waals surface area contributed by atoms with E-state index in [0.717, 1.165) is 38.2 Å². The lowest BCUT2D eigenvalue weighted by Crippen LogP contribution is -2.39. The number of carbonyl (C=O) groups is 1. The largest absolute Gasteiger partial charge is 0.347 e. The van der Waals surface area contributed by atoms with E-state index in [2.05, 4.69) is 32.6 Å². The Morgan fingerprint density at radius 3 is 2.63 bits per heavy atom. The molecule has 7 nitrogen and oxygen atoms in total. The van der Waals surface area contributed by atoms with Crippen molar-refractivity contribution in [3.63, 3.8) is 0 Å². The summed E-state index contributed by atoms with van der Waals surface area (Å²) < 4.78 is 2.28. The summed E-state index contributed by atoms with van der Waals surface area (Å²) in [6.45, 7) is 6.61. The van der Waals surface area contributed by atoms with Crippen LogP contribution in [-0.2, 0) is 6.54 Å². The topological polar surface area (TPSA) is 67.2 Å². The molecule has 27 heavy (non-hydrogen) atoms. The summed E-state index contributed by atoms with van der Waals surface area (Å²) in [6, 6.07) is 0. The smallest absolute Gasteiger partial charge is 0.257 e. The molecular formula is C20H30N6O. The normalized spacial score (nSPS) is 15.2. The highest BCUT2D eigenvalue weighted by molar-refractivity contribution is 5.95. The van der Waals surface area contributed by atoms with Gasteiger partial charge < -0.3 is 14.4 Å². The second-order valence-electron chi connectivity index (χ2n) is 7.46. The van der Waals surface area contributed by atoms with Crippen molar-refractivity contribution in [2.75, 3.05) is 32.1 Å². The van der Waals surface area contributed by atoms with E-state index in [-0.39, 0.29) is 5.91 Å². The number of piperidine rings is 1. The fraction of sp³-hybridized carbons (Fsp3) is 0.600. The highest BCUT2D eigenvalue weighted by Gasteiger charge is 2.28. The van der Waals surface area contributed by atoms with Crippen molar-refractivity contribution >= 4 is 11.9 Å². The molecule has 2 aromatic rings. The van der Waals surface area contributed by atoms with Crippen molar-refractivity contribution in [3.05, 3.63) is 35.7 Å². The third-order valence-corrected chi connectivity index (χ3v) is 5.24. The molecule has 1 fully saturated rings. The predicted molar refractivity (Wildman–Crippen MR) is 106 cm³/mol. The molecule has 0 unspecified atom stereocenters. The van der Waals surface area contributed by atoms with Crippen LogP contribution in [0.25, 0.3) is 0 Å². The lowest BCUT2D eigenvalue weighted by molar-refractivity contribution is 0.0708. The molecule has 0 radical (unpaired) electrons. The lowest BCUT2D eigenvalue weighted by atomic mass is 9.95. The molecule has 0 aliphatic carbocycles. The van der Waals surface area contributed by atoms with Gasteiger partial charge in [0.05, 0.1) is 11.3 Å². The highest BCUT2D eigenvalue weighted by Crippen LogP contribution is 2.28. The quantitative estimate of drug-likeness (QED) is 0.782. The van der Waals surface area contributed by atoms with Gasteiger partial charge in [0.2, 0.25) is 5.95 Å². The number of anilines is 1. The Kier molecular flexibility index (Phi) is 6.08. The van der Waals surface area contributed by atoms with Gasteiger partial charge in [-0.05, 0) is 26.2 Å². The number of carbonyl (C=O) groups excluding carboxylic acids is 1. The van der Waals surface area contributed by atoms with Gasteiger partial charge in [0.1, 0.15) is 5.82 Å². The molecule has 1 aliphatic heterocycles. The van der Waals surface area contributed by atoms with E-state index < -0.39 is 0 Å². The minimum Gasteiger partial charge on any atom is -0.347 e. The van der Waals surface area contributed by atoms with Crippen molar-refractivity contribution in [3.8, 4) is 0 Å². The molecular weight excluding hydrogens is 340 g/mol. The second-order valence-corrected chi connectivity index (χ2v) is 7.46. The molecule has 1 aliphatic rings. The standard InChI is InChI=1S/C20H30N6O/c1-5-6-10-25-13-9-21-18(25)16-7-11-26(12-8-16)19(27)17-14-22-20(24(3)4)23-15(17)2/h9,13-14,16H,5-8,10-12H2,1-4H3. The van der Waals surface area contributed by atoms with Gasteiger partial charge >= 0.3 is 0 Å². The molecule has 0 N–H and O–H groups in total. The summed E-state index contributed by atoms with van der Waals surface area (Å²) in [7, 11) is 3.79. The fourth-order valence-electron chi connectivity index (χ4n) is 3.59. The number of nitrogens with zero attached hydrogens (tertiary/aromatic N) is 6. The van der Waals surface area contributed by atoms with E-state index in [1.165, 1.54) is 18.7 Å². The Bertz CT molecular complexity index is 777. The summed E-state index contributed by atoms with van der Waals surface area (Å²) in [6.07, 6.45) is 9.88. The van der Waals surface area contributed by atoms with Crippen molar-refractivity contribution < 1.29 is 4.79 Å². The third-order valence-electron chi connectivity index (χ3n) is 5.24. The van der Waals surface area contributed by atoms with Gasteiger partial charge in [-0.1, -0.05) is 13.3 Å². The van der Waals surface area contributed by atoms with E-state index in [4.69, 9.17) is 0 Å². The first-order valence-electron chi connectivity index (χ1n) is 9.82. The van der Waals surface area contributed by atoms with E-state index in [1.54, 1.807) is 6.20 Å². The molecule has 3 rings (SSSR count). The second kappa shape index (κ2) is 8.50. The first-order valence-corrected chi connectivity index (χ1v) is 9.82. The summed E-state index contributed by atoms with van der Waals surface area (Å²) >= 11 is 0. The number of rotatable bonds is 6. The number of aromatic nitrogens is 4. The van der Waals surface area contributed by atoms with Gasteiger partial charge in [0.25, 0.3) is 5.91 Å². The maximum atomic E-state index is 12.9. The van der Waals surface area contributed by atoms with Crippen LogP contribution >= 0.6 is 0 Å². The molecule has 1 amide bonds. The number of hydrogen-bond acceptors (Lipinski definition) is 5. The first-order chi connectivity index (χ1) is 13.0. The summed E-state index contributed by atoms with van der Waals surface area (Å²) in [4.78, 5) is 30.0. The van der Waals surface area contributed by atoms with Crippen LogP contribution in [0, 0.1) is 6.92 Å². The highest BCUT2D eigenvalue weighted by atomic mass is 16.2. The Balaban J connectivity index is 1.64. The molecule has 1 saturated heterocycles. The van der Waals surface area contributed by atoms with Crippen LogP contribution in [0.3, 0.4) is 0 Å². The number of unbranched alkanes of at least 4 members (excludes halogenated alkanes) is 1. The van der Waals surface area contributed by atoms with E-state index in [0.29, 0.717) is 17.4 Å². The van der Waals surface area contributed by atoms with Crippen LogP contribution < -0.4 is 4.90 Å². The minimum atomic E-state index is 0.0329. The van der Waals surface area contributed by atoms with Gasteiger partial charge in [-0.3, -0.25) is 4.79 Å². The van der Waals surface area contributed by atoms with E-state index in [9.17, 15) is 4.79 Å². The van der Waals surface area contributed by atoms with Gasteiger partial charge in [0, 0.05) is 58.2 Å². The molecule has 0 spiro atoms. The van der Waals surface area contributed by atoms with Gasteiger partial charge in [-0.2, -0.15) is 0 Å². The van der Waals surface area contributed by atoms with Crippen molar-refractivity contribution in [2.24, 2.45) is 0 Å². The van der Waals surface area contributed by atoms with E-state index in [1.807, 2.05) is 37.0 Å². The van der Waals surface area contributed by atoms with Crippen molar-refractivity contribution in [1.82, 2.24) is 24.4 Å². The summed E-state index contributed by atoms with van der Waals surface area (Å²) in [5, 5.41) is 0. The van der Waals surface area contributed by atoms with Crippen LogP contribution in [0.1, 0.15) is 60.4 Å². The molecule has 3 heterocycles. The SMILES string of the molecule is CCCCn1ccnc1C1CCN(C(=O)c2cnc(N(C)C)nc2C)CC1. The Morgan fingerprint density at radius 2 is 2.00 bits per heavy atom. The van der Waals surface area contributed by atoms with Gasteiger partial charge in [-0.25, -0.2) is 15.0 Å². The maximum absolute atomic E-state index is 12.9. The average Bonchev–Trinajstić information content (AvgIpc) is 3.14. The molecule has 0 saturated carbocycles. The maximum Gasteiger partial charge on any atom is 0.257 e. The Hall–Kier alpha value is -2.44. The average molecular weight is 371 g/mol. The van der Waals surface area contributed by atoms with Crippen molar-refractivity contribution in [1.29, 1.82) is 0 Å². The van der Waals surface area contributed by atoms with Gasteiger partial charge in [0.15, 0.2) is 0 Å². The minimum absolute atomic E-state index is 0.0329. The number of hydrogen-bond donors (Lipinski definition) is 0. The van der Waals surface area contributed by atoms with Gasteiger partial charge in [-0.15, -0.1) is 0 Å². The number of likely N-dealkylation sites (tertiary alicyclic amines) is 1. The monoisotopic (exact) mass is 370 g/mol. The zero-order valence-electron chi connectivity index (χ0n) is 16.9. The number of amides is 1. The molecule has 0 atom stereocenters. The van der Waals surface area contributed by atoms with Crippen LogP contribution in [0.4, 0.5) is 5.95 Å². The molecule has 2 aromatic heterocycles. The third kappa shape index (κ3) is 4.28. The molecule has 0 bridgehead atoms. The first kappa shape index (κ1) is 19.3. The predicted octanol–water partition coefficient (Wildman–Crippen LogP) is 2.87.